The summed E-state index contributed by atoms with van der Waals surface area (Å²) < 4.78 is 11.4. The first-order valence-corrected chi connectivity index (χ1v) is 6.66. The van der Waals surface area contributed by atoms with Gasteiger partial charge in [0, 0.05) is 12.1 Å². The molecule has 0 bridgehead atoms. The highest BCUT2D eigenvalue weighted by Crippen LogP contribution is 2.30. The summed E-state index contributed by atoms with van der Waals surface area (Å²) in [6.45, 7) is 3.74. The van der Waals surface area contributed by atoms with Crippen LogP contribution in [0.2, 0.25) is 10.0 Å². The summed E-state index contributed by atoms with van der Waals surface area (Å²) in [5, 5.41) is 0.929. The van der Waals surface area contributed by atoms with E-state index in [2.05, 4.69) is 0 Å². The number of hydrogen-bond donors (Lipinski definition) is 1. The van der Waals surface area contributed by atoms with Gasteiger partial charge < -0.3 is 14.9 Å². The van der Waals surface area contributed by atoms with E-state index in [1.54, 1.807) is 18.2 Å². The van der Waals surface area contributed by atoms with E-state index < -0.39 is 0 Å². The van der Waals surface area contributed by atoms with Gasteiger partial charge in [0.2, 0.25) is 0 Å². The first-order chi connectivity index (χ1) is 8.97. The third-order valence-electron chi connectivity index (χ3n) is 2.67. The molecule has 2 atom stereocenters. The minimum absolute atomic E-state index is 0.222. The number of aryl methyl sites for hydroxylation is 1. The predicted octanol–water partition coefficient (Wildman–Crippen LogP) is 4.36. The summed E-state index contributed by atoms with van der Waals surface area (Å²) in [6.07, 6.45) is -0.369. The topological polar surface area (TPSA) is 48.4 Å². The second-order valence-electron chi connectivity index (χ2n) is 4.42. The quantitative estimate of drug-likeness (QED) is 0.912. The lowest BCUT2D eigenvalue weighted by molar-refractivity contribution is 0.152. The van der Waals surface area contributed by atoms with Crippen molar-refractivity contribution in [1.29, 1.82) is 0 Å². The van der Waals surface area contributed by atoms with Crippen LogP contribution in [-0.4, -0.2) is 6.04 Å². The van der Waals surface area contributed by atoms with Crippen molar-refractivity contribution < 1.29 is 9.15 Å². The van der Waals surface area contributed by atoms with Crippen LogP contribution in [0.4, 0.5) is 0 Å². The number of furan rings is 1. The summed E-state index contributed by atoms with van der Waals surface area (Å²) >= 11 is 11.8. The highest BCUT2D eigenvalue weighted by molar-refractivity contribution is 6.42. The SMILES string of the molecule is Cc1ccc(C(Oc2ccc(Cl)c(Cl)c2)C(C)N)o1. The van der Waals surface area contributed by atoms with Crippen molar-refractivity contribution in [3.63, 3.8) is 0 Å². The fourth-order valence-electron chi connectivity index (χ4n) is 1.73. The Labute approximate surface area is 122 Å². The Morgan fingerprint density at radius 3 is 2.42 bits per heavy atom. The van der Waals surface area contributed by atoms with Gasteiger partial charge >= 0.3 is 0 Å². The van der Waals surface area contributed by atoms with Crippen molar-refractivity contribution >= 4 is 23.2 Å². The zero-order valence-corrected chi connectivity index (χ0v) is 12.2. The minimum atomic E-state index is -0.369. The van der Waals surface area contributed by atoms with E-state index in [1.807, 2.05) is 26.0 Å². The Hall–Kier alpha value is -1.16. The molecule has 2 rings (SSSR count). The molecule has 1 aromatic heterocycles. The molecule has 0 aliphatic heterocycles. The molecule has 1 heterocycles. The maximum absolute atomic E-state index is 5.96. The first-order valence-electron chi connectivity index (χ1n) is 5.91. The molecule has 0 fully saturated rings. The van der Waals surface area contributed by atoms with Crippen LogP contribution < -0.4 is 10.5 Å². The molecule has 5 heteroatoms. The van der Waals surface area contributed by atoms with Crippen LogP contribution in [0.5, 0.6) is 5.75 Å². The second-order valence-corrected chi connectivity index (χ2v) is 5.24. The van der Waals surface area contributed by atoms with Gasteiger partial charge in [0.25, 0.3) is 0 Å². The van der Waals surface area contributed by atoms with Crippen molar-refractivity contribution in [1.82, 2.24) is 0 Å². The fraction of sp³-hybridized carbons (Fsp3) is 0.286. The number of hydrogen-bond acceptors (Lipinski definition) is 3. The number of rotatable bonds is 4. The molecule has 19 heavy (non-hydrogen) atoms. The highest BCUT2D eigenvalue weighted by atomic mass is 35.5. The molecule has 0 saturated carbocycles. The first kappa shape index (κ1) is 14.3. The van der Waals surface area contributed by atoms with Crippen LogP contribution in [0.15, 0.2) is 34.7 Å². The van der Waals surface area contributed by atoms with Gasteiger partial charge in [-0.05, 0) is 38.1 Å². The van der Waals surface area contributed by atoms with E-state index in [-0.39, 0.29) is 12.1 Å². The van der Waals surface area contributed by atoms with Crippen LogP contribution in [0.25, 0.3) is 0 Å². The zero-order chi connectivity index (χ0) is 14.0. The summed E-state index contributed by atoms with van der Waals surface area (Å²) in [5.41, 5.74) is 5.95. The summed E-state index contributed by atoms with van der Waals surface area (Å²) in [7, 11) is 0. The van der Waals surface area contributed by atoms with Crippen LogP contribution >= 0.6 is 23.2 Å². The largest absolute Gasteiger partial charge is 0.481 e. The molecule has 0 aliphatic carbocycles. The molecule has 2 N–H and O–H groups in total. The monoisotopic (exact) mass is 299 g/mol. The third kappa shape index (κ3) is 3.44. The van der Waals surface area contributed by atoms with E-state index >= 15 is 0 Å². The van der Waals surface area contributed by atoms with Crippen molar-refractivity contribution in [3.8, 4) is 5.75 Å². The van der Waals surface area contributed by atoms with E-state index in [1.165, 1.54) is 0 Å². The zero-order valence-electron chi connectivity index (χ0n) is 10.7. The van der Waals surface area contributed by atoms with Crippen molar-refractivity contribution in [2.75, 3.05) is 0 Å². The van der Waals surface area contributed by atoms with Crippen molar-refractivity contribution in [2.45, 2.75) is 26.0 Å². The number of halogens is 2. The second kappa shape index (κ2) is 5.87. The average molecular weight is 300 g/mol. The van der Waals surface area contributed by atoms with Crippen LogP contribution in [0.3, 0.4) is 0 Å². The Morgan fingerprint density at radius 1 is 1.16 bits per heavy atom. The highest BCUT2D eigenvalue weighted by Gasteiger charge is 2.22. The van der Waals surface area contributed by atoms with Gasteiger partial charge in [-0.1, -0.05) is 23.2 Å². The summed E-state index contributed by atoms with van der Waals surface area (Å²) in [5.74, 6) is 2.11. The summed E-state index contributed by atoms with van der Waals surface area (Å²) in [6, 6.07) is 8.61. The molecule has 1 aromatic carbocycles. The lowest BCUT2D eigenvalue weighted by Crippen LogP contribution is -2.28. The maximum Gasteiger partial charge on any atom is 0.171 e. The molecule has 0 radical (unpaired) electrons. The Morgan fingerprint density at radius 2 is 1.89 bits per heavy atom. The predicted molar refractivity (Wildman–Crippen MR) is 76.9 cm³/mol. The molecule has 3 nitrogen and oxygen atoms in total. The fourth-order valence-corrected chi connectivity index (χ4v) is 2.02. The van der Waals surface area contributed by atoms with Crippen LogP contribution in [0.1, 0.15) is 24.5 Å². The number of ether oxygens (including phenoxy) is 1. The minimum Gasteiger partial charge on any atom is -0.481 e. The Kier molecular flexibility index (Phi) is 4.40. The van der Waals surface area contributed by atoms with Gasteiger partial charge in [0.05, 0.1) is 10.0 Å². The van der Waals surface area contributed by atoms with Gasteiger partial charge in [-0.3, -0.25) is 0 Å². The van der Waals surface area contributed by atoms with Crippen molar-refractivity contribution in [3.05, 3.63) is 51.9 Å². The molecular formula is C14H15Cl2NO2. The molecule has 0 amide bonds. The van der Waals surface area contributed by atoms with Gasteiger partial charge in [0.15, 0.2) is 6.10 Å². The normalized spacial score (nSPS) is 14.2. The maximum atomic E-state index is 5.96. The third-order valence-corrected chi connectivity index (χ3v) is 3.41. The molecule has 0 spiro atoms. The Balaban J connectivity index is 2.23. The van der Waals surface area contributed by atoms with Gasteiger partial charge in [0.1, 0.15) is 17.3 Å². The van der Waals surface area contributed by atoms with E-state index in [4.69, 9.17) is 38.1 Å². The molecule has 2 unspecified atom stereocenters. The van der Waals surface area contributed by atoms with Gasteiger partial charge in [-0.25, -0.2) is 0 Å². The molecule has 2 aromatic rings. The molecule has 0 saturated heterocycles. The van der Waals surface area contributed by atoms with Gasteiger partial charge in [-0.2, -0.15) is 0 Å². The van der Waals surface area contributed by atoms with E-state index in [9.17, 15) is 0 Å². The van der Waals surface area contributed by atoms with Crippen molar-refractivity contribution in [2.24, 2.45) is 5.73 Å². The number of benzene rings is 1. The molecule has 102 valence electrons. The molecule has 0 aliphatic rings. The Bertz CT molecular complexity index is 566. The van der Waals surface area contributed by atoms with Crippen LogP contribution in [-0.2, 0) is 0 Å². The lowest BCUT2D eigenvalue weighted by Gasteiger charge is -2.20. The summed E-state index contributed by atoms with van der Waals surface area (Å²) in [4.78, 5) is 0. The van der Waals surface area contributed by atoms with E-state index in [0.29, 0.717) is 21.6 Å². The van der Waals surface area contributed by atoms with Gasteiger partial charge in [-0.15, -0.1) is 0 Å². The van der Waals surface area contributed by atoms with Crippen LogP contribution in [0, 0.1) is 6.92 Å². The lowest BCUT2D eigenvalue weighted by atomic mass is 10.1. The number of nitrogens with two attached hydrogens (primary N) is 1. The smallest absolute Gasteiger partial charge is 0.171 e. The standard InChI is InChI=1S/C14H15Cl2NO2/c1-8-3-6-13(18-8)14(9(2)17)19-10-4-5-11(15)12(16)7-10/h3-7,9,14H,17H2,1-2H3. The van der Waals surface area contributed by atoms with E-state index in [0.717, 1.165) is 5.76 Å². The average Bonchev–Trinajstić information content (AvgIpc) is 2.76. The molecular weight excluding hydrogens is 285 g/mol.